The van der Waals surface area contributed by atoms with Crippen molar-refractivity contribution in [1.82, 2.24) is 5.32 Å². The van der Waals surface area contributed by atoms with Crippen LogP contribution in [0.15, 0.2) is 16.5 Å². The summed E-state index contributed by atoms with van der Waals surface area (Å²) in [6, 6.07) is 4.80. The summed E-state index contributed by atoms with van der Waals surface area (Å²) in [4.78, 5) is 0. The van der Waals surface area contributed by atoms with Gasteiger partial charge in [-0.05, 0) is 75.2 Å². The van der Waals surface area contributed by atoms with Gasteiger partial charge in [-0.1, -0.05) is 6.07 Å². The van der Waals surface area contributed by atoms with E-state index in [1.807, 2.05) is 0 Å². The minimum absolute atomic E-state index is 0.730. The van der Waals surface area contributed by atoms with Crippen LogP contribution in [-0.2, 0) is 12.8 Å². The third-order valence-corrected chi connectivity index (χ3v) is 5.08. The summed E-state index contributed by atoms with van der Waals surface area (Å²) in [5.41, 5.74) is 5.51. The molecule has 1 aromatic heterocycles. The molecule has 1 saturated heterocycles. The maximum atomic E-state index is 6.15. The van der Waals surface area contributed by atoms with E-state index in [9.17, 15) is 0 Å². The zero-order valence-corrected chi connectivity index (χ0v) is 12.3. The molecule has 1 aliphatic heterocycles. The maximum absolute atomic E-state index is 6.15. The number of aryl methyl sites for hydroxylation is 3. The highest BCUT2D eigenvalue weighted by Gasteiger charge is 2.22. The molecular weight excluding hydrogens is 246 g/mol. The van der Waals surface area contributed by atoms with Gasteiger partial charge in [0.15, 0.2) is 0 Å². The fourth-order valence-electron chi connectivity index (χ4n) is 3.95. The molecule has 0 atom stereocenters. The predicted octanol–water partition coefficient (Wildman–Crippen LogP) is 4.09. The van der Waals surface area contributed by atoms with Crippen LogP contribution in [-0.4, -0.2) is 13.1 Å². The highest BCUT2D eigenvalue weighted by Crippen LogP contribution is 2.37. The SMILES string of the molecule is Cc1cc(C2CCNCC2)cc2c3c(oc12)CCCC3. The lowest BCUT2D eigenvalue weighted by Crippen LogP contribution is -2.26. The normalized spacial score (nSPS) is 20.2. The zero-order chi connectivity index (χ0) is 13.5. The lowest BCUT2D eigenvalue weighted by molar-refractivity contribution is 0.460. The van der Waals surface area contributed by atoms with Gasteiger partial charge in [-0.2, -0.15) is 0 Å². The monoisotopic (exact) mass is 269 g/mol. The number of benzene rings is 1. The van der Waals surface area contributed by atoms with Crippen molar-refractivity contribution in [1.29, 1.82) is 0 Å². The molecule has 0 amide bonds. The van der Waals surface area contributed by atoms with Crippen molar-refractivity contribution in [2.24, 2.45) is 0 Å². The molecule has 1 aliphatic carbocycles. The molecule has 0 saturated carbocycles. The first-order valence-electron chi connectivity index (χ1n) is 8.08. The van der Waals surface area contributed by atoms with Gasteiger partial charge in [0.1, 0.15) is 11.3 Å². The predicted molar refractivity (Wildman–Crippen MR) is 82.4 cm³/mol. The second-order valence-electron chi connectivity index (χ2n) is 6.45. The third-order valence-electron chi connectivity index (χ3n) is 5.08. The number of nitrogens with one attached hydrogen (secondary N) is 1. The quantitative estimate of drug-likeness (QED) is 0.843. The summed E-state index contributed by atoms with van der Waals surface area (Å²) in [6.07, 6.45) is 7.48. The minimum atomic E-state index is 0.730. The molecule has 0 unspecified atom stereocenters. The Labute approximate surface area is 120 Å². The number of rotatable bonds is 1. The standard InChI is InChI=1S/C18H23NO/c1-12-10-14(13-6-8-19-9-7-13)11-16-15-4-2-3-5-17(15)20-18(12)16/h10-11,13,19H,2-9H2,1H3. The van der Waals surface area contributed by atoms with Crippen molar-refractivity contribution >= 4 is 11.0 Å². The Balaban J connectivity index is 1.83. The Morgan fingerprint density at radius 1 is 1.10 bits per heavy atom. The van der Waals surface area contributed by atoms with Crippen LogP contribution in [0.5, 0.6) is 0 Å². The molecule has 106 valence electrons. The zero-order valence-electron chi connectivity index (χ0n) is 12.3. The first-order chi connectivity index (χ1) is 9.83. The van der Waals surface area contributed by atoms with Crippen molar-refractivity contribution in [3.63, 3.8) is 0 Å². The van der Waals surface area contributed by atoms with Gasteiger partial charge < -0.3 is 9.73 Å². The molecule has 2 aromatic rings. The Kier molecular flexibility index (Phi) is 3.07. The topological polar surface area (TPSA) is 25.2 Å². The Hall–Kier alpha value is -1.28. The lowest BCUT2D eigenvalue weighted by atomic mass is 9.87. The fraction of sp³-hybridized carbons (Fsp3) is 0.556. The van der Waals surface area contributed by atoms with Crippen LogP contribution < -0.4 is 5.32 Å². The largest absolute Gasteiger partial charge is 0.461 e. The van der Waals surface area contributed by atoms with E-state index in [2.05, 4.69) is 24.4 Å². The van der Waals surface area contributed by atoms with Gasteiger partial charge in [-0.3, -0.25) is 0 Å². The van der Waals surface area contributed by atoms with E-state index in [0.717, 1.165) is 31.0 Å². The van der Waals surface area contributed by atoms with Gasteiger partial charge >= 0.3 is 0 Å². The second kappa shape index (κ2) is 4.92. The molecule has 1 fully saturated rings. The smallest absolute Gasteiger partial charge is 0.137 e. The molecular formula is C18H23NO. The average Bonchev–Trinajstić information content (AvgIpc) is 2.88. The molecule has 2 heteroatoms. The van der Waals surface area contributed by atoms with E-state index < -0.39 is 0 Å². The van der Waals surface area contributed by atoms with Gasteiger partial charge in [0, 0.05) is 17.4 Å². The Bertz CT molecular complexity index is 634. The average molecular weight is 269 g/mol. The number of hydrogen-bond donors (Lipinski definition) is 1. The molecule has 0 spiro atoms. The Morgan fingerprint density at radius 3 is 2.75 bits per heavy atom. The van der Waals surface area contributed by atoms with E-state index >= 15 is 0 Å². The molecule has 1 N–H and O–H groups in total. The highest BCUT2D eigenvalue weighted by molar-refractivity contribution is 5.86. The molecule has 2 nitrogen and oxygen atoms in total. The van der Waals surface area contributed by atoms with E-state index in [-0.39, 0.29) is 0 Å². The molecule has 1 aromatic carbocycles. The molecule has 0 bridgehead atoms. The summed E-state index contributed by atoms with van der Waals surface area (Å²) in [7, 11) is 0. The van der Waals surface area contributed by atoms with Crippen molar-refractivity contribution in [2.45, 2.75) is 51.4 Å². The molecule has 20 heavy (non-hydrogen) atoms. The molecule has 4 rings (SSSR count). The van der Waals surface area contributed by atoms with Gasteiger partial charge in [-0.25, -0.2) is 0 Å². The van der Waals surface area contributed by atoms with Gasteiger partial charge in [0.05, 0.1) is 0 Å². The first-order valence-corrected chi connectivity index (χ1v) is 8.08. The lowest BCUT2D eigenvalue weighted by Gasteiger charge is -2.23. The Morgan fingerprint density at radius 2 is 1.90 bits per heavy atom. The van der Waals surface area contributed by atoms with Crippen LogP contribution in [0.4, 0.5) is 0 Å². The summed E-state index contributed by atoms with van der Waals surface area (Å²) in [6.45, 7) is 4.53. The van der Waals surface area contributed by atoms with Crippen LogP contribution >= 0.6 is 0 Å². The van der Waals surface area contributed by atoms with Crippen LogP contribution in [0.25, 0.3) is 11.0 Å². The van der Waals surface area contributed by atoms with Gasteiger partial charge in [-0.15, -0.1) is 0 Å². The maximum Gasteiger partial charge on any atom is 0.137 e. The summed E-state index contributed by atoms with van der Waals surface area (Å²) >= 11 is 0. The minimum Gasteiger partial charge on any atom is -0.461 e. The summed E-state index contributed by atoms with van der Waals surface area (Å²) < 4.78 is 6.15. The van der Waals surface area contributed by atoms with E-state index in [1.54, 1.807) is 0 Å². The van der Waals surface area contributed by atoms with Crippen molar-refractivity contribution in [3.05, 3.63) is 34.6 Å². The van der Waals surface area contributed by atoms with E-state index in [4.69, 9.17) is 4.42 Å². The molecule has 0 radical (unpaired) electrons. The van der Waals surface area contributed by atoms with E-state index in [1.165, 1.54) is 59.9 Å². The second-order valence-corrected chi connectivity index (χ2v) is 6.45. The van der Waals surface area contributed by atoms with Crippen LogP contribution in [0, 0.1) is 6.92 Å². The van der Waals surface area contributed by atoms with E-state index in [0.29, 0.717) is 0 Å². The first kappa shape index (κ1) is 12.5. The summed E-state index contributed by atoms with van der Waals surface area (Å²) in [5, 5.41) is 4.87. The van der Waals surface area contributed by atoms with Gasteiger partial charge in [0.25, 0.3) is 0 Å². The van der Waals surface area contributed by atoms with Crippen molar-refractivity contribution < 1.29 is 4.42 Å². The highest BCUT2D eigenvalue weighted by atomic mass is 16.3. The van der Waals surface area contributed by atoms with Crippen molar-refractivity contribution in [2.75, 3.05) is 13.1 Å². The third kappa shape index (κ3) is 1.98. The number of furan rings is 1. The van der Waals surface area contributed by atoms with Crippen LogP contribution in [0.3, 0.4) is 0 Å². The number of piperidine rings is 1. The molecule has 2 heterocycles. The van der Waals surface area contributed by atoms with Crippen LogP contribution in [0.1, 0.15) is 54.1 Å². The number of fused-ring (bicyclic) bond motifs is 3. The van der Waals surface area contributed by atoms with Crippen LogP contribution in [0.2, 0.25) is 0 Å². The molecule has 2 aliphatic rings. The van der Waals surface area contributed by atoms with Crippen molar-refractivity contribution in [3.8, 4) is 0 Å². The fourth-order valence-corrected chi connectivity index (χ4v) is 3.95. The summed E-state index contributed by atoms with van der Waals surface area (Å²) in [5.74, 6) is 1.99. The number of hydrogen-bond acceptors (Lipinski definition) is 2. The van der Waals surface area contributed by atoms with Gasteiger partial charge in [0.2, 0.25) is 0 Å².